The minimum absolute atomic E-state index is 0.0979. The Hall–Kier alpha value is -0.890. The molecular formula is C10H15F4NO3. The van der Waals surface area contributed by atoms with Crippen LogP contribution in [0.5, 0.6) is 0 Å². The first-order valence-electron chi connectivity index (χ1n) is 5.53. The van der Waals surface area contributed by atoms with Crippen molar-refractivity contribution in [3.8, 4) is 0 Å². The van der Waals surface area contributed by atoms with Crippen LogP contribution in [0, 0.1) is 0 Å². The third-order valence-electron chi connectivity index (χ3n) is 2.48. The Balaban J connectivity index is 2.17. The molecule has 0 bridgehead atoms. The highest BCUT2D eigenvalue weighted by molar-refractivity contribution is 5.69. The van der Waals surface area contributed by atoms with E-state index in [0.29, 0.717) is 32.8 Å². The van der Waals surface area contributed by atoms with Gasteiger partial charge >= 0.3 is 18.3 Å². The molecule has 18 heavy (non-hydrogen) atoms. The fourth-order valence-electron chi connectivity index (χ4n) is 1.39. The minimum Gasteiger partial charge on any atom is -0.459 e. The average Bonchev–Trinajstić information content (AvgIpc) is 2.35. The summed E-state index contributed by atoms with van der Waals surface area (Å²) in [6, 6.07) is 0. The lowest BCUT2D eigenvalue weighted by Crippen LogP contribution is -2.38. The van der Waals surface area contributed by atoms with E-state index >= 15 is 0 Å². The van der Waals surface area contributed by atoms with Gasteiger partial charge in [0.2, 0.25) is 0 Å². The second-order valence-corrected chi connectivity index (χ2v) is 3.93. The van der Waals surface area contributed by atoms with Crippen LogP contribution in [-0.2, 0) is 14.3 Å². The first-order valence-corrected chi connectivity index (χ1v) is 5.53. The summed E-state index contributed by atoms with van der Waals surface area (Å²) >= 11 is 0. The number of hydrogen-bond acceptors (Lipinski definition) is 4. The Morgan fingerprint density at radius 1 is 1.33 bits per heavy atom. The zero-order valence-corrected chi connectivity index (χ0v) is 9.71. The van der Waals surface area contributed by atoms with E-state index in [4.69, 9.17) is 4.74 Å². The molecule has 0 aromatic rings. The topological polar surface area (TPSA) is 38.8 Å². The van der Waals surface area contributed by atoms with Crippen LogP contribution in [0.3, 0.4) is 0 Å². The van der Waals surface area contributed by atoms with Crippen molar-refractivity contribution in [3.05, 3.63) is 0 Å². The summed E-state index contributed by atoms with van der Waals surface area (Å²) in [4.78, 5) is 13.0. The van der Waals surface area contributed by atoms with Crippen molar-refractivity contribution in [2.75, 3.05) is 39.5 Å². The van der Waals surface area contributed by atoms with Gasteiger partial charge in [0.1, 0.15) is 0 Å². The van der Waals surface area contributed by atoms with Crippen molar-refractivity contribution in [1.82, 2.24) is 4.90 Å². The highest BCUT2D eigenvalue weighted by Crippen LogP contribution is 2.22. The largest absolute Gasteiger partial charge is 0.459 e. The lowest BCUT2D eigenvalue weighted by atomic mass is 10.3. The van der Waals surface area contributed by atoms with Gasteiger partial charge in [-0.3, -0.25) is 9.69 Å². The SMILES string of the molecule is O=C(CCN1CCOCC1)OCC(F)(F)C(F)F. The summed E-state index contributed by atoms with van der Waals surface area (Å²) in [5.41, 5.74) is 0. The van der Waals surface area contributed by atoms with E-state index in [1.165, 1.54) is 0 Å². The van der Waals surface area contributed by atoms with Gasteiger partial charge in [0, 0.05) is 19.6 Å². The highest BCUT2D eigenvalue weighted by atomic mass is 19.3. The van der Waals surface area contributed by atoms with E-state index in [1.54, 1.807) is 0 Å². The predicted molar refractivity (Wildman–Crippen MR) is 53.8 cm³/mol. The van der Waals surface area contributed by atoms with Crippen LogP contribution in [0.1, 0.15) is 6.42 Å². The fraction of sp³-hybridized carbons (Fsp3) is 0.900. The highest BCUT2D eigenvalue weighted by Gasteiger charge is 2.42. The van der Waals surface area contributed by atoms with Crippen LogP contribution < -0.4 is 0 Å². The molecule has 0 aliphatic carbocycles. The Morgan fingerprint density at radius 3 is 2.50 bits per heavy atom. The van der Waals surface area contributed by atoms with Crippen molar-refractivity contribution in [2.24, 2.45) is 0 Å². The molecule has 0 aromatic carbocycles. The van der Waals surface area contributed by atoms with Gasteiger partial charge in [0.15, 0.2) is 6.61 Å². The zero-order chi connectivity index (χ0) is 13.6. The van der Waals surface area contributed by atoms with E-state index in [0.717, 1.165) is 0 Å². The number of hydrogen-bond donors (Lipinski definition) is 0. The summed E-state index contributed by atoms with van der Waals surface area (Å²) in [6.45, 7) is 1.19. The van der Waals surface area contributed by atoms with Gasteiger partial charge in [0.05, 0.1) is 19.6 Å². The molecular weight excluding hydrogens is 258 g/mol. The number of carbonyl (C=O) groups excluding carboxylic acids is 1. The number of nitrogens with zero attached hydrogens (tertiary/aromatic N) is 1. The quantitative estimate of drug-likeness (QED) is 0.537. The third kappa shape index (κ3) is 5.18. The molecule has 0 spiro atoms. The summed E-state index contributed by atoms with van der Waals surface area (Å²) in [7, 11) is 0. The van der Waals surface area contributed by atoms with Crippen molar-refractivity contribution < 1.29 is 31.8 Å². The second kappa shape index (κ2) is 6.89. The molecule has 0 atom stereocenters. The lowest BCUT2D eigenvalue weighted by molar-refractivity contribution is -0.179. The average molecular weight is 273 g/mol. The molecule has 1 aliphatic heterocycles. The molecule has 106 valence electrons. The summed E-state index contributed by atoms with van der Waals surface area (Å²) in [5, 5.41) is 0. The molecule has 8 heteroatoms. The Labute approximate surface area is 102 Å². The van der Waals surface area contributed by atoms with Crippen molar-refractivity contribution in [2.45, 2.75) is 18.8 Å². The van der Waals surface area contributed by atoms with Gasteiger partial charge in [-0.05, 0) is 0 Å². The molecule has 0 amide bonds. The molecule has 0 unspecified atom stereocenters. The van der Waals surface area contributed by atoms with Crippen LogP contribution >= 0.6 is 0 Å². The number of esters is 1. The van der Waals surface area contributed by atoms with Gasteiger partial charge in [-0.1, -0.05) is 0 Å². The summed E-state index contributed by atoms with van der Waals surface area (Å²) in [5.74, 6) is -5.18. The lowest BCUT2D eigenvalue weighted by Gasteiger charge is -2.26. The van der Waals surface area contributed by atoms with Gasteiger partial charge in [-0.2, -0.15) is 8.78 Å². The third-order valence-corrected chi connectivity index (χ3v) is 2.48. The molecule has 1 rings (SSSR count). The Kier molecular flexibility index (Phi) is 5.80. The van der Waals surface area contributed by atoms with E-state index < -0.39 is 24.9 Å². The van der Waals surface area contributed by atoms with Crippen LogP contribution in [0.15, 0.2) is 0 Å². The normalized spacial score (nSPS) is 18.1. The van der Waals surface area contributed by atoms with Crippen molar-refractivity contribution >= 4 is 5.97 Å². The van der Waals surface area contributed by atoms with Crippen molar-refractivity contribution in [1.29, 1.82) is 0 Å². The van der Waals surface area contributed by atoms with E-state index in [2.05, 4.69) is 4.74 Å². The molecule has 1 saturated heterocycles. The van der Waals surface area contributed by atoms with Crippen LogP contribution in [-0.4, -0.2) is 62.7 Å². The number of ether oxygens (including phenoxy) is 2. The Bertz CT molecular complexity index is 270. The van der Waals surface area contributed by atoms with Gasteiger partial charge in [0.25, 0.3) is 0 Å². The molecule has 4 nitrogen and oxygen atoms in total. The molecule has 0 radical (unpaired) electrons. The van der Waals surface area contributed by atoms with Gasteiger partial charge < -0.3 is 9.47 Å². The first-order chi connectivity index (χ1) is 8.42. The minimum atomic E-state index is -4.28. The van der Waals surface area contributed by atoms with Gasteiger partial charge in [-0.25, -0.2) is 8.78 Å². The molecule has 0 aromatic heterocycles. The molecule has 0 saturated carbocycles. The Morgan fingerprint density at radius 2 is 1.94 bits per heavy atom. The molecule has 0 N–H and O–H groups in total. The maximum absolute atomic E-state index is 12.4. The smallest absolute Gasteiger partial charge is 0.340 e. The summed E-state index contributed by atoms with van der Waals surface area (Å²) < 4.78 is 57.7. The monoisotopic (exact) mass is 273 g/mol. The predicted octanol–water partition coefficient (Wildman–Crippen LogP) is 1.15. The fourth-order valence-corrected chi connectivity index (χ4v) is 1.39. The second-order valence-electron chi connectivity index (χ2n) is 3.93. The zero-order valence-electron chi connectivity index (χ0n) is 9.71. The van der Waals surface area contributed by atoms with E-state index in [-0.39, 0.29) is 6.42 Å². The van der Waals surface area contributed by atoms with Crippen LogP contribution in [0.2, 0.25) is 0 Å². The van der Waals surface area contributed by atoms with E-state index in [9.17, 15) is 22.4 Å². The first kappa shape index (κ1) is 15.2. The van der Waals surface area contributed by atoms with Crippen LogP contribution in [0.25, 0.3) is 0 Å². The summed E-state index contributed by atoms with van der Waals surface area (Å²) in [6.07, 6.45) is -3.93. The standard InChI is InChI=1S/C10H15F4NO3/c11-9(12)10(13,14)7-18-8(16)1-2-15-3-5-17-6-4-15/h9H,1-7H2. The molecule has 1 heterocycles. The molecule has 1 fully saturated rings. The maximum Gasteiger partial charge on any atom is 0.340 e. The number of alkyl halides is 4. The number of carbonyl (C=O) groups is 1. The van der Waals surface area contributed by atoms with Crippen LogP contribution in [0.4, 0.5) is 17.6 Å². The number of rotatable bonds is 6. The number of morpholine rings is 1. The molecule has 1 aliphatic rings. The maximum atomic E-state index is 12.4. The van der Waals surface area contributed by atoms with Crippen molar-refractivity contribution in [3.63, 3.8) is 0 Å². The van der Waals surface area contributed by atoms with E-state index in [1.807, 2.05) is 4.90 Å². The van der Waals surface area contributed by atoms with Gasteiger partial charge in [-0.15, -0.1) is 0 Å². The number of halogens is 4.